The van der Waals surface area contributed by atoms with Crippen molar-refractivity contribution in [1.29, 1.82) is 0 Å². The number of carbonyl (C=O) groups is 3. The van der Waals surface area contributed by atoms with Crippen molar-refractivity contribution in [3.63, 3.8) is 0 Å². The normalized spacial score (nSPS) is 22.1. The number of amides is 3. The summed E-state index contributed by atoms with van der Waals surface area (Å²) in [5.41, 5.74) is 1.73. The molecule has 0 spiro atoms. The summed E-state index contributed by atoms with van der Waals surface area (Å²) in [6.07, 6.45) is 0.548. The Kier molecular flexibility index (Phi) is 2.97. The van der Waals surface area contributed by atoms with E-state index in [9.17, 15) is 14.4 Å². The Morgan fingerprint density at radius 2 is 2.05 bits per heavy atom. The Labute approximate surface area is 123 Å². The van der Waals surface area contributed by atoms with Gasteiger partial charge in [0.2, 0.25) is 11.8 Å². The summed E-state index contributed by atoms with van der Waals surface area (Å²) in [5, 5.41) is 2.26. The largest absolute Gasteiger partial charge is 0.296 e. The zero-order valence-electron chi connectivity index (χ0n) is 10.5. The van der Waals surface area contributed by atoms with Gasteiger partial charge in [-0.05, 0) is 28.4 Å². The monoisotopic (exact) mass is 334 g/mol. The Morgan fingerprint density at radius 1 is 1.30 bits per heavy atom. The highest BCUT2D eigenvalue weighted by atomic mass is 79.9. The van der Waals surface area contributed by atoms with Gasteiger partial charge < -0.3 is 0 Å². The molecule has 2 heterocycles. The van der Waals surface area contributed by atoms with Crippen LogP contribution in [0.4, 0.5) is 0 Å². The van der Waals surface area contributed by atoms with E-state index in [2.05, 4.69) is 27.8 Å². The van der Waals surface area contributed by atoms with Crippen molar-refractivity contribution in [2.24, 2.45) is 0 Å². The van der Waals surface area contributed by atoms with Crippen LogP contribution in [0.5, 0.6) is 0 Å². The van der Waals surface area contributed by atoms with Crippen LogP contribution in [0.2, 0.25) is 0 Å². The number of benzene rings is 1. The molecule has 0 bridgehead atoms. The Bertz CT molecular complexity index is 668. The average Bonchev–Trinajstić information content (AvgIpc) is 2.64. The number of imide groups is 1. The van der Waals surface area contributed by atoms with Gasteiger partial charge in [0.15, 0.2) is 0 Å². The Hall–Kier alpha value is -1.95. The molecule has 20 heavy (non-hydrogen) atoms. The van der Waals surface area contributed by atoms with Gasteiger partial charge in [0.25, 0.3) is 5.91 Å². The Balaban J connectivity index is 2.00. The number of hydrogen-bond acceptors (Lipinski definition) is 3. The summed E-state index contributed by atoms with van der Waals surface area (Å²) in [6, 6.07) is 4.71. The van der Waals surface area contributed by atoms with Crippen LogP contribution in [0, 0.1) is 0 Å². The van der Waals surface area contributed by atoms with E-state index in [1.807, 2.05) is 6.07 Å². The Morgan fingerprint density at radius 3 is 2.70 bits per heavy atom. The molecule has 0 aliphatic carbocycles. The number of fused-ring (bicyclic) bond motifs is 1. The average molecular weight is 335 g/mol. The lowest BCUT2D eigenvalue weighted by molar-refractivity contribution is -0.136. The van der Waals surface area contributed by atoms with Crippen molar-refractivity contribution in [2.45, 2.75) is 18.9 Å². The van der Waals surface area contributed by atoms with E-state index in [0.717, 1.165) is 0 Å². The minimum Gasteiger partial charge on any atom is -0.296 e. The molecule has 3 rings (SSSR count). The highest BCUT2D eigenvalue weighted by Crippen LogP contribution is 2.38. The molecule has 1 unspecified atom stereocenters. The maximum atomic E-state index is 12.5. The molecule has 1 saturated heterocycles. The zero-order valence-corrected chi connectivity index (χ0v) is 12.1. The number of hydrogen-bond donors (Lipinski definition) is 1. The standard InChI is InChI=1S/C14H11BrN2O3/c1-7-8-3-2-4-9(15)12(8)14(20)17(7)10-5-6-11(18)16-13(10)19/h2-4,10H,1,5-6H2,(H,16,18,19). The van der Waals surface area contributed by atoms with Crippen LogP contribution >= 0.6 is 15.9 Å². The van der Waals surface area contributed by atoms with Crippen LogP contribution in [0.25, 0.3) is 5.70 Å². The first-order valence-electron chi connectivity index (χ1n) is 6.15. The molecule has 1 aromatic carbocycles. The second-order valence-electron chi connectivity index (χ2n) is 4.75. The summed E-state index contributed by atoms with van der Waals surface area (Å²) in [6.45, 7) is 3.92. The fraction of sp³-hybridized carbons (Fsp3) is 0.214. The van der Waals surface area contributed by atoms with Crippen molar-refractivity contribution in [3.8, 4) is 0 Å². The molecule has 6 heteroatoms. The highest BCUT2D eigenvalue weighted by molar-refractivity contribution is 9.10. The first-order chi connectivity index (χ1) is 9.50. The molecular weight excluding hydrogens is 324 g/mol. The van der Waals surface area contributed by atoms with E-state index in [1.54, 1.807) is 12.1 Å². The van der Waals surface area contributed by atoms with Crippen LogP contribution in [-0.4, -0.2) is 28.7 Å². The minimum atomic E-state index is -0.674. The minimum absolute atomic E-state index is 0.227. The van der Waals surface area contributed by atoms with E-state index in [-0.39, 0.29) is 18.2 Å². The number of nitrogens with zero attached hydrogens (tertiary/aromatic N) is 1. The second-order valence-corrected chi connectivity index (χ2v) is 5.61. The van der Waals surface area contributed by atoms with Gasteiger partial charge in [0, 0.05) is 22.2 Å². The van der Waals surface area contributed by atoms with Gasteiger partial charge in [-0.15, -0.1) is 0 Å². The van der Waals surface area contributed by atoms with Crippen molar-refractivity contribution in [2.75, 3.05) is 0 Å². The third-order valence-electron chi connectivity index (χ3n) is 3.57. The van der Waals surface area contributed by atoms with Crippen molar-refractivity contribution in [1.82, 2.24) is 10.2 Å². The molecule has 3 amide bonds. The molecular formula is C14H11BrN2O3. The lowest BCUT2D eigenvalue weighted by Gasteiger charge is -2.30. The second kappa shape index (κ2) is 4.56. The fourth-order valence-corrected chi connectivity index (χ4v) is 3.15. The van der Waals surface area contributed by atoms with Gasteiger partial charge in [-0.1, -0.05) is 18.7 Å². The van der Waals surface area contributed by atoms with E-state index < -0.39 is 11.9 Å². The molecule has 102 valence electrons. The summed E-state index contributed by atoms with van der Waals surface area (Å²) in [4.78, 5) is 37.1. The summed E-state index contributed by atoms with van der Waals surface area (Å²) in [5.74, 6) is -1.01. The molecule has 0 saturated carbocycles. The maximum Gasteiger partial charge on any atom is 0.260 e. The van der Waals surface area contributed by atoms with E-state index in [0.29, 0.717) is 27.7 Å². The fourth-order valence-electron chi connectivity index (χ4n) is 2.61. The van der Waals surface area contributed by atoms with Crippen LogP contribution in [0.1, 0.15) is 28.8 Å². The number of nitrogens with one attached hydrogen (secondary N) is 1. The molecule has 1 atom stereocenters. The number of rotatable bonds is 1. The van der Waals surface area contributed by atoms with Crippen LogP contribution in [-0.2, 0) is 9.59 Å². The lowest BCUT2D eigenvalue weighted by Crippen LogP contribution is -2.52. The van der Waals surface area contributed by atoms with E-state index in [1.165, 1.54) is 4.90 Å². The van der Waals surface area contributed by atoms with E-state index >= 15 is 0 Å². The highest BCUT2D eigenvalue weighted by Gasteiger charge is 2.42. The van der Waals surface area contributed by atoms with Gasteiger partial charge in [0.05, 0.1) is 5.56 Å². The van der Waals surface area contributed by atoms with Crippen molar-refractivity contribution in [3.05, 3.63) is 40.4 Å². The number of piperidine rings is 1. The number of halogens is 1. The first-order valence-corrected chi connectivity index (χ1v) is 6.95. The lowest BCUT2D eigenvalue weighted by atomic mass is 10.0. The predicted octanol–water partition coefficient (Wildman–Crippen LogP) is 1.68. The first kappa shape index (κ1) is 13.1. The van der Waals surface area contributed by atoms with Gasteiger partial charge in [-0.25, -0.2) is 0 Å². The zero-order chi connectivity index (χ0) is 14.4. The molecule has 0 aromatic heterocycles. The summed E-state index contributed by atoms with van der Waals surface area (Å²) in [7, 11) is 0. The van der Waals surface area contributed by atoms with Gasteiger partial charge in [-0.2, -0.15) is 0 Å². The molecule has 2 aliphatic rings. The van der Waals surface area contributed by atoms with Gasteiger partial charge >= 0.3 is 0 Å². The molecule has 1 fully saturated rings. The van der Waals surface area contributed by atoms with Crippen LogP contribution < -0.4 is 5.32 Å². The molecule has 1 N–H and O–H groups in total. The SMILES string of the molecule is C=C1c2cccc(Br)c2C(=O)N1C1CCC(=O)NC1=O. The van der Waals surface area contributed by atoms with Gasteiger partial charge in [0.1, 0.15) is 6.04 Å². The van der Waals surface area contributed by atoms with E-state index in [4.69, 9.17) is 0 Å². The topological polar surface area (TPSA) is 66.5 Å². The molecule has 2 aliphatic heterocycles. The maximum absolute atomic E-state index is 12.5. The quantitative estimate of drug-likeness (QED) is 0.794. The smallest absolute Gasteiger partial charge is 0.260 e. The number of carbonyl (C=O) groups excluding carboxylic acids is 3. The van der Waals surface area contributed by atoms with Gasteiger partial charge in [-0.3, -0.25) is 24.6 Å². The van der Waals surface area contributed by atoms with Crippen LogP contribution in [0.15, 0.2) is 29.3 Å². The van der Waals surface area contributed by atoms with Crippen molar-refractivity contribution < 1.29 is 14.4 Å². The predicted molar refractivity (Wildman–Crippen MR) is 75.5 cm³/mol. The van der Waals surface area contributed by atoms with Crippen LogP contribution in [0.3, 0.4) is 0 Å². The summed E-state index contributed by atoms with van der Waals surface area (Å²) < 4.78 is 0.677. The summed E-state index contributed by atoms with van der Waals surface area (Å²) >= 11 is 3.35. The molecule has 1 aromatic rings. The third kappa shape index (κ3) is 1.79. The third-order valence-corrected chi connectivity index (χ3v) is 4.23. The van der Waals surface area contributed by atoms with Crippen molar-refractivity contribution >= 4 is 39.3 Å². The molecule has 5 nitrogen and oxygen atoms in total. The molecule has 0 radical (unpaired) electrons.